The number of rotatable bonds is 4. The van der Waals surface area contributed by atoms with Gasteiger partial charge in [0.2, 0.25) is 0 Å². The van der Waals surface area contributed by atoms with E-state index in [-0.39, 0.29) is 11.8 Å². The minimum absolute atomic E-state index is 0.0476. The van der Waals surface area contributed by atoms with Crippen LogP contribution in [0.3, 0.4) is 0 Å². The number of benzene rings is 1. The van der Waals surface area contributed by atoms with E-state index in [1.807, 2.05) is 0 Å². The smallest absolute Gasteiger partial charge is 0.126 e. The predicted molar refractivity (Wildman–Crippen MR) is 54.5 cm³/mol. The second-order valence-corrected chi connectivity index (χ2v) is 3.45. The van der Waals surface area contributed by atoms with Crippen molar-refractivity contribution in [1.29, 1.82) is 0 Å². The van der Waals surface area contributed by atoms with Crippen molar-refractivity contribution in [2.24, 2.45) is 5.73 Å². The van der Waals surface area contributed by atoms with Crippen molar-refractivity contribution in [3.8, 4) is 5.75 Å². The maximum absolute atomic E-state index is 12.7. The van der Waals surface area contributed by atoms with Crippen LogP contribution in [0.5, 0.6) is 5.75 Å². The monoisotopic (exact) mass is 197 g/mol. The highest BCUT2D eigenvalue weighted by Gasteiger charge is 2.10. The van der Waals surface area contributed by atoms with Gasteiger partial charge in [-0.3, -0.25) is 0 Å². The van der Waals surface area contributed by atoms with Gasteiger partial charge >= 0.3 is 0 Å². The van der Waals surface area contributed by atoms with Crippen LogP contribution in [0.15, 0.2) is 18.2 Å². The third kappa shape index (κ3) is 2.70. The molecule has 0 fully saturated rings. The summed E-state index contributed by atoms with van der Waals surface area (Å²) in [6.45, 7) is 2.08. The van der Waals surface area contributed by atoms with Crippen molar-refractivity contribution in [2.75, 3.05) is 0 Å². The van der Waals surface area contributed by atoms with Gasteiger partial charge in [0.1, 0.15) is 11.6 Å². The van der Waals surface area contributed by atoms with E-state index in [0.717, 1.165) is 25.3 Å². The lowest BCUT2D eigenvalue weighted by atomic mass is 10.0. The van der Waals surface area contributed by atoms with E-state index in [9.17, 15) is 9.50 Å². The molecular formula is C11H16FNO. The van der Waals surface area contributed by atoms with Gasteiger partial charge in [0.25, 0.3) is 0 Å². The summed E-state index contributed by atoms with van der Waals surface area (Å²) in [5.74, 6) is -0.484. The van der Waals surface area contributed by atoms with Crippen LogP contribution in [0, 0.1) is 5.82 Å². The van der Waals surface area contributed by atoms with E-state index in [2.05, 4.69) is 6.92 Å². The Hall–Kier alpha value is -1.09. The number of phenolic OH excluding ortho intramolecular Hbond substituents is 1. The summed E-state index contributed by atoms with van der Waals surface area (Å²) >= 11 is 0. The van der Waals surface area contributed by atoms with E-state index < -0.39 is 5.82 Å². The quantitative estimate of drug-likeness (QED) is 0.779. The second kappa shape index (κ2) is 4.96. The van der Waals surface area contributed by atoms with E-state index >= 15 is 0 Å². The van der Waals surface area contributed by atoms with Crippen LogP contribution >= 0.6 is 0 Å². The molecule has 0 radical (unpaired) electrons. The first-order valence-corrected chi connectivity index (χ1v) is 4.89. The van der Waals surface area contributed by atoms with Crippen molar-refractivity contribution in [3.05, 3.63) is 29.6 Å². The average Bonchev–Trinajstić information content (AvgIpc) is 2.14. The first kappa shape index (κ1) is 11.0. The summed E-state index contributed by atoms with van der Waals surface area (Å²) in [4.78, 5) is 0. The van der Waals surface area contributed by atoms with Crippen LogP contribution in [-0.2, 0) is 0 Å². The molecule has 0 bridgehead atoms. The minimum atomic E-state index is -0.436. The topological polar surface area (TPSA) is 46.2 Å². The zero-order valence-corrected chi connectivity index (χ0v) is 8.33. The molecule has 1 unspecified atom stereocenters. The molecule has 2 nitrogen and oxygen atoms in total. The van der Waals surface area contributed by atoms with Crippen LogP contribution in [0.4, 0.5) is 4.39 Å². The van der Waals surface area contributed by atoms with Gasteiger partial charge in [-0.05, 0) is 12.5 Å². The number of hydrogen-bond donors (Lipinski definition) is 2. The normalized spacial score (nSPS) is 12.8. The van der Waals surface area contributed by atoms with Crippen LogP contribution in [0.1, 0.15) is 37.8 Å². The minimum Gasteiger partial charge on any atom is -0.508 e. The molecule has 1 aromatic rings. The summed E-state index contributed by atoms with van der Waals surface area (Å²) in [5, 5.41) is 9.44. The van der Waals surface area contributed by atoms with E-state index in [4.69, 9.17) is 5.73 Å². The van der Waals surface area contributed by atoms with Crippen molar-refractivity contribution in [2.45, 2.75) is 32.2 Å². The molecule has 1 rings (SSSR count). The van der Waals surface area contributed by atoms with Gasteiger partial charge in [0, 0.05) is 17.7 Å². The lowest BCUT2D eigenvalue weighted by Crippen LogP contribution is -2.10. The molecule has 78 valence electrons. The molecule has 0 spiro atoms. The molecular weight excluding hydrogens is 181 g/mol. The van der Waals surface area contributed by atoms with Crippen LogP contribution in [0.25, 0.3) is 0 Å². The number of hydrogen-bond acceptors (Lipinski definition) is 2. The number of halogens is 1. The van der Waals surface area contributed by atoms with Crippen molar-refractivity contribution < 1.29 is 9.50 Å². The Morgan fingerprint density at radius 2 is 2.21 bits per heavy atom. The highest BCUT2D eigenvalue weighted by atomic mass is 19.1. The zero-order chi connectivity index (χ0) is 10.6. The molecule has 1 atom stereocenters. The molecule has 0 heterocycles. The SMILES string of the molecule is CCCCC(N)c1ccc(F)cc1O. The summed E-state index contributed by atoms with van der Waals surface area (Å²) in [7, 11) is 0. The Morgan fingerprint density at radius 1 is 1.50 bits per heavy atom. The molecule has 14 heavy (non-hydrogen) atoms. The Kier molecular flexibility index (Phi) is 3.89. The predicted octanol–water partition coefficient (Wildman–Crippen LogP) is 2.72. The molecule has 3 heteroatoms. The molecule has 0 aliphatic rings. The molecule has 3 N–H and O–H groups in total. The Morgan fingerprint density at radius 3 is 2.79 bits per heavy atom. The first-order chi connectivity index (χ1) is 6.65. The standard InChI is InChI=1S/C11H16FNO/c1-2-3-4-10(13)9-6-5-8(12)7-11(9)14/h5-7,10,14H,2-4,13H2,1H3. The van der Waals surface area contributed by atoms with Gasteiger partial charge in [-0.2, -0.15) is 0 Å². The van der Waals surface area contributed by atoms with Crippen LogP contribution in [0.2, 0.25) is 0 Å². The molecule has 0 saturated carbocycles. The number of phenols is 1. The lowest BCUT2D eigenvalue weighted by molar-refractivity contribution is 0.450. The maximum atomic E-state index is 12.7. The second-order valence-electron chi connectivity index (χ2n) is 3.45. The third-order valence-corrected chi connectivity index (χ3v) is 2.26. The largest absolute Gasteiger partial charge is 0.508 e. The van der Waals surface area contributed by atoms with E-state index in [0.29, 0.717) is 5.56 Å². The number of nitrogens with two attached hydrogens (primary N) is 1. The van der Waals surface area contributed by atoms with Gasteiger partial charge in [-0.1, -0.05) is 25.8 Å². The summed E-state index contributed by atoms with van der Waals surface area (Å²) in [5.41, 5.74) is 6.47. The van der Waals surface area contributed by atoms with Gasteiger partial charge in [0.05, 0.1) is 0 Å². The first-order valence-electron chi connectivity index (χ1n) is 4.89. The molecule has 0 saturated heterocycles. The van der Waals surface area contributed by atoms with Crippen molar-refractivity contribution in [1.82, 2.24) is 0 Å². The molecule has 0 aliphatic heterocycles. The van der Waals surface area contributed by atoms with Crippen molar-refractivity contribution >= 4 is 0 Å². The number of aromatic hydroxyl groups is 1. The summed E-state index contributed by atoms with van der Waals surface area (Å²) < 4.78 is 12.7. The fourth-order valence-corrected chi connectivity index (χ4v) is 1.41. The number of unbranched alkanes of at least 4 members (excludes halogenated alkanes) is 1. The Bertz CT molecular complexity index is 301. The fourth-order valence-electron chi connectivity index (χ4n) is 1.41. The fraction of sp³-hybridized carbons (Fsp3) is 0.455. The summed E-state index contributed by atoms with van der Waals surface area (Å²) in [6, 6.07) is 3.77. The van der Waals surface area contributed by atoms with Crippen molar-refractivity contribution in [3.63, 3.8) is 0 Å². The average molecular weight is 197 g/mol. The zero-order valence-electron chi connectivity index (χ0n) is 8.33. The van der Waals surface area contributed by atoms with Gasteiger partial charge in [0.15, 0.2) is 0 Å². The van der Waals surface area contributed by atoms with E-state index in [1.54, 1.807) is 6.07 Å². The van der Waals surface area contributed by atoms with Gasteiger partial charge < -0.3 is 10.8 Å². The Labute approximate surface area is 83.6 Å². The third-order valence-electron chi connectivity index (χ3n) is 2.26. The lowest BCUT2D eigenvalue weighted by Gasteiger charge is -2.12. The highest BCUT2D eigenvalue weighted by Crippen LogP contribution is 2.26. The van der Waals surface area contributed by atoms with Gasteiger partial charge in [-0.25, -0.2) is 4.39 Å². The molecule has 0 aliphatic carbocycles. The highest BCUT2D eigenvalue weighted by molar-refractivity contribution is 5.34. The molecule has 0 aromatic heterocycles. The summed E-state index contributed by atoms with van der Waals surface area (Å²) in [6.07, 6.45) is 2.89. The molecule has 1 aromatic carbocycles. The van der Waals surface area contributed by atoms with Crippen LogP contribution < -0.4 is 5.73 Å². The van der Waals surface area contributed by atoms with Gasteiger partial charge in [-0.15, -0.1) is 0 Å². The van der Waals surface area contributed by atoms with Crippen LogP contribution in [-0.4, -0.2) is 5.11 Å². The van der Waals surface area contributed by atoms with E-state index in [1.165, 1.54) is 6.07 Å². The molecule has 0 amide bonds. The maximum Gasteiger partial charge on any atom is 0.126 e. The Balaban J connectivity index is 2.74.